The van der Waals surface area contributed by atoms with E-state index in [9.17, 15) is 0 Å². The first kappa shape index (κ1) is 20.9. The molecule has 6 nitrogen and oxygen atoms in total. The van der Waals surface area contributed by atoms with E-state index in [0.29, 0.717) is 6.04 Å². The van der Waals surface area contributed by atoms with Gasteiger partial charge in [-0.2, -0.15) is 0 Å². The predicted octanol–water partition coefficient (Wildman–Crippen LogP) is 3.69. The quantitative estimate of drug-likeness (QED) is 0.693. The van der Waals surface area contributed by atoms with E-state index in [1.165, 1.54) is 37.8 Å². The third-order valence-corrected chi connectivity index (χ3v) is 7.39. The molecule has 1 aliphatic carbocycles. The number of nitrogens with one attached hydrogen (secondary N) is 1. The summed E-state index contributed by atoms with van der Waals surface area (Å²) in [4.78, 5) is 9.58. The number of aromatic nitrogens is 2. The second-order valence-corrected chi connectivity index (χ2v) is 9.29. The second-order valence-electron chi connectivity index (χ2n) is 8.91. The van der Waals surface area contributed by atoms with Crippen molar-refractivity contribution in [2.75, 3.05) is 39.4 Å². The van der Waals surface area contributed by atoms with Gasteiger partial charge in [0.25, 0.3) is 0 Å². The Bertz CT molecular complexity index is 860. The highest BCUT2D eigenvalue weighted by Crippen LogP contribution is 2.41. The summed E-state index contributed by atoms with van der Waals surface area (Å²) in [6.45, 7) is 5.57. The maximum atomic E-state index is 5.87. The predicted molar refractivity (Wildman–Crippen MR) is 126 cm³/mol. The highest BCUT2D eigenvalue weighted by atomic mass is 32.1. The lowest BCUT2D eigenvalue weighted by atomic mass is 9.94. The van der Waals surface area contributed by atoms with E-state index in [4.69, 9.17) is 21.9 Å². The van der Waals surface area contributed by atoms with Crippen LogP contribution in [0.3, 0.4) is 0 Å². The first-order valence-electron chi connectivity index (χ1n) is 11.8. The molecule has 0 amide bonds. The van der Waals surface area contributed by atoms with Gasteiger partial charge in [-0.1, -0.05) is 25.3 Å². The lowest BCUT2D eigenvalue weighted by molar-refractivity contribution is 0.0349. The number of ether oxygens (including phenoxy) is 1. The van der Waals surface area contributed by atoms with Gasteiger partial charge in [-0.05, 0) is 49.3 Å². The average Bonchev–Trinajstić information content (AvgIpc) is 3.44. The lowest BCUT2D eigenvalue weighted by Crippen LogP contribution is -2.43. The fourth-order valence-electron chi connectivity index (χ4n) is 5.39. The van der Waals surface area contributed by atoms with Crippen LogP contribution in [0, 0.1) is 0 Å². The van der Waals surface area contributed by atoms with Crippen LogP contribution in [0.4, 0.5) is 0 Å². The molecule has 2 saturated heterocycles. The topological polar surface area (TPSA) is 45.6 Å². The highest BCUT2D eigenvalue weighted by Gasteiger charge is 2.41. The molecule has 166 valence electrons. The van der Waals surface area contributed by atoms with Crippen molar-refractivity contribution in [1.29, 1.82) is 0 Å². The van der Waals surface area contributed by atoms with Gasteiger partial charge in [0.1, 0.15) is 0 Å². The summed E-state index contributed by atoms with van der Waals surface area (Å²) in [7, 11) is 0. The summed E-state index contributed by atoms with van der Waals surface area (Å²) in [5.41, 5.74) is 2.41. The van der Waals surface area contributed by atoms with Crippen LogP contribution in [-0.4, -0.2) is 63.9 Å². The van der Waals surface area contributed by atoms with Gasteiger partial charge < -0.3 is 19.5 Å². The normalized spacial score (nSPS) is 25.7. The lowest BCUT2D eigenvalue weighted by Gasteiger charge is -2.34. The van der Waals surface area contributed by atoms with Crippen molar-refractivity contribution in [2.24, 2.45) is 0 Å². The molecule has 1 saturated carbocycles. The number of pyridine rings is 1. The van der Waals surface area contributed by atoms with Gasteiger partial charge in [-0.15, -0.1) is 0 Å². The van der Waals surface area contributed by atoms with Crippen LogP contribution in [0.5, 0.6) is 0 Å². The molecule has 5 rings (SSSR count). The van der Waals surface area contributed by atoms with Crippen LogP contribution in [0.1, 0.15) is 61.6 Å². The average molecular weight is 440 g/mol. The third kappa shape index (κ3) is 4.49. The van der Waals surface area contributed by atoms with Crippen LogP contribution in [0.15, 0.2) is 42.7 Å². The van der Waals surface area contributed by atoms with Crippen LogP contribution >= 0.6 is 12.2 Å². The minimum Gasteiger partial charge on any atom is -0.379 e. The summed E-state index contributed by atoms with van der Waals surface area (Å²) < 4.78 is 8.06. The summed E-state index contributed by atoms with van der Waals surface area (Å²) in [6.07, 6.45) is 10.7. The molecule has 0 unspecified atom stereocenters. The number of hydrogen-bond acceptors (Lipinski definition) is 4. The minimum atomic E-state index is 0.0654. The van der Waals surface area contributed by atoms with Crippen LogP contribution in [0.25, 0.3) is 0 Å². The number of rotatable bonds is 6. The standard InChI is InChI=1S/C24H33N5OS/c31-24-26-22(20-9-4-5-11-25-20)23(29(24)14-13-27-15-17-30-18-16-27)21-10-6-12-28(21)19-7-2-1-3-8-19/h4-6,9-12,19,22-23H,1-3,7-8,13-18H2,(H,26,31)/t22-,23-/m0/s1. The Morgan fingerprint density at radius 3 is 2.65 bits per heavy atom. The fraction of sp³-hybridized carbons (Fsp3) is 0.583. The molecule has 0 bridgehead atoms. The van der Waals surface area contributed by atoms with Gasteiger partial charge in [-0.25, -0.2) is 0 Å². The monoisotopic (exact) mass is 439 g/mol. The van der Waals surface area contributed by atoms with Crippen molar-refractivity contribution in [3.63, 3.8) is 0 Å². The van der Waals surface area contributed by atoms with Crippen LogP contribution < -0.4 is 5.32 Å². The van der Waals surface area contributed by atoms with E-state index in [1.54, 1.807) is 0 Å². The molecule has 0 aromatic carbocycles. The first-order chi connectivity index (χ1) is 15.3. The molecule has 4 heterocycles. The van der Waals surface area contributed by atoms with E-state index >= 15 is 0 Å². The van der Waals surface area contributed by atoms with E-state index in [-0.39, 0.29) is 12.1 Å². The number of hydrogen-bond donors (Lipinski definition) is 1. The number of nitrogens with zero attached hydrogens (tertiary/aromatic N) is 4. The number of morpholine rings is 1. The largest absolute Gasteiger partial charge is 0.379 e. The molecule has 3 aliphatic rings. The van der Waals surface area contributed by atoms with Gasteiger partial charge in [0.15, 0.2) is 5.11 Å². The van der Waals surface area contributed by atoms with Crippen molar-refractivity contribution in [2.45, 2.75) is 50.2 Å². The van der Waals surface area contributed by atoms with Gasteiger partial charge in [0.05, 0.1) is 31.0 Å². The second kappa shape index (κ2) is 9.67. The molecule has 0 spiro atoms. The Labute approximate surface area is 190 Å². The molecule has 0 radical (unpaired) electrons. The summed E-state index contributed by atoms with van der Waals surface area (Å²) in [6, 6.07) is 11.5. The molecule has 2 aliphatic heterocycles. The Hall–Kier alpha value is -1.96. The molecule has 2 aromatic rings. The van der Waals surface area contributed by atoms with E-state index < -0.39 is 0 Å². The Morgan fingerprint density at radius 2 is 1.87 bits per heavy atom. The maximum Gasteiger partial charge on any atom is 0.170 e. The molecule has 7 heteroatoms. The third-order valence-electron chi connectivity index (χ3n) is 7.04. The van der Waals surface area contributed by atoms with E-state index in [1.807, 2.05) is 12.3 Å². The van der Waals surface area contributed by atoms with E-state index in [0.717, 1.165) is 50.2 Å². The minimum absolute atomic E-state index is 0.0654. The van der Waals surface area contributed by atoms with Crippen molar-refractivity contribution in [1.82, 2.24) is 24.7 Å². The summed E-state index contributed by atoms with van der Waals surface area (Å²) in [5, 5.41) is 4.45. The van der Waals surface area contributed by atoms with Gasteiger partial charge in [0.2, 0.25) is 0 Å². The molecular weight excluding hydrogens is 406 g/mol. The Morgan fingerprint density at radius 1 is 1.03 bits per heavy atom. The molecule has 2 atom stereocenters. The first-order valence-corrected chi connectivity index (χ1v) is 12.2. The van der Waals surface area contributed by atoms with Crippen molar-refractivity contribution < 1.29 is 4.74 Å². The molecular formula is C24H33N5OS. The zero-order valence-electron chi connectivity index (χ0n) is 18.2. The zero-order chi connectivity index (χ0) is 21.0. The van der Waals surface area contributed by atoms with Gasteiger partial charge in [0, 0.05) is 50.3 Å². The van der Waals surface area contributed by atoms with Gasteiger partial charge in [-0.3, -0.25) is 9.88 Å². The Balaban J connectivity index is 1.44. The van der Waals surface area contributed by atoms with Gasteiger partial charge >= 0.3 is 0 Å². The molecule has 2 aromatic heterocycles. The highest BCUT2D eigenvalue weighted by molar-refractivity contribution is 7.80. The molecule has 1 N–H and O–H groups in total. The summed E-state index contributed by atoms with van der Waals surface area (Å²) >= 11 is 5.87. The van der Waals surface area contributed by atoms with Crippen molar-refractivity contribution >= 4 is 17.3 Å². The van der Waals surface area contributed by atoms with Crippen molar-refractivity contribution in [3.05, 3.63) is 54.1 Å². The van der Waals surface area contributed by atoms with Crippen LogP contribution in [-0.2, 0) is 4.74 Å². The van der Waals surface area contributed by atoms with E-state index in [2.05, 4.69) is 50.1 Å². The smallest absolute Gasteiger partial charge is 0.170 e. The summed E-state index contributed by atoms with van der Waals surface area (Å²) in [5.74, 6) is 0. The molecule has 31 heavy (non-hydrogen) atoms. The molecule has 3 fully saturated rings. The van der Waals surface area contributed by atoms with Crippen molar-refractivity contribution in [3.8, 4) is 0 Å². The zero-order valence-corrected chi connectivity index (χ0v) is 19.0. The number of thiocarbonyl (C=S) groups is 1. The fourth-order valence-corrected chi connectivity index (χ4v) is 5.72. The Kier molecular flexibility index (Phi) is 6.53. The SMILES string of the molecule is S=C1N[C@@H](c2ccccn2)[C@H](c2cccn2C2CCCCC2)N1CCN1CCOCC1. The maximum absolute atomic E-state index is 5.87. The van der Waals surface area contributed by atoms with Crippen LogP contribution in [0.2, 0.25) is 0 Å².